The fraction of sp³-hybridized carbons (Fsp3) is 0.278. The van der Waals surface area contributed by atoms with Gasteiger partial charge in [0, 0.05) is 13.1 Å². The molecule has 0 radical (unpaired) electrons. The summed E-state index contributed by atoms with van der Waals surface area (Å²) in [5.41, 5.74) is 1.56. The molecule has 138 valence electrons. The molecule has 0 amide bonds. The molecule has 0 aliphatic rings. The highest BCUT2D eigenvalue weighted by Crippen LogP contribution is 2.22. The first-order valence-electron chi connectivity index (χ1n) is 8.29. The summed E-state index contributed by atoms with van der Waals surface area (Å²) < 4.78 is 35.5. The number of nitrogens with zero attached hydrogens (tertiary/aromatic N) is 1. The number of aryl methyl sites for hydroxylation is 1. The Bertz CT molecular complexity index is 1080. The molecule has 3 rings (SSSR count). The van der Waals surface area contributed by atoms with Crippen LogP contribution in [0.5, 0.6) is 5.75 Å². The van der Waals surface area contributed by atoms with Crippen LogP contribution in [0.25, 0.3) is 10.2 Å². The molecular weight excluding hydrogens is 372 g/mol. The zero-order valence-corrected chi connectivity index (χ0v) is 16.2. The zero-order valence-electron chi connectivity index (χ0n) is 14.6. The molecule has 0 bridgehead atoms. The zero-order chi connectivity index (χ0) is 18.7. The lowest BCUT2D eigenvalue weighted by Gasteiger charge is -2.09. The van der Waals surface area contributed by atoms with Gasteiger partial charge in [-0.2, -0.15) is 0 Å². The number of hydrogen-bond acceptors (Lipinski definition) is 5. The van der Waals surface area contributed by atoms with Crippen molar-refractivity contribution in [2.75, 3.05) is 6.61 Å². The molecule has 3 aromatic rings. The van der Waals surface area contributed by atoms with Crippen LogP contribution < -0.4 is 14.3 Å². The van der Waals surface area contributed by atoms with Gasteiger partial charge in [0.25, 0.3) is 0 Å². The molecule has 0 aliphatic carbocycles. The van der Waals surface area contributed by atoms with Gasteiger partial charge >= 0.3 is 4.87 Å². The number of benzene rings is 2. The van der Waals surface area contributed by atoms with Crippen molar-refractivity contribution >= 4 is 31.6 Å². The van der Waals surface area contributed by atoms with Crippen LogP contribution in [0.3, 0.4) is 0 Å². The minimum absolute atomic E-state index is 0.0854. The molecule has 6 nitrogen and oxygen atoms in total. The van der Waals surface area contributed by atoms with E-state index >= 15 is 0 Å². The Morgan fingerprint density at radius 2 is 1.96 bits per heavy atom. The Kier molecular flexibility index (Phi) is 5.45. The SMILES string of the molecule is CCOc1cccc(CNS(=O)(=O)c2ccc3c(c2)sc(=O)n3CC)c1. The average molecular weight is 393 g/mol. The van der Waals surface area contributed by atoms with Gasteiger partial charge in [-0.3, -0.25) is 9.36 Å². The van der Waals surface area contributed by atoms with E-state index in [2.05, 4.69) is 4.72 Å². The summed E-state index contributed by atoms with van der Waals surface area (Å²) in [6.45, 7) is 5.05. The number of hydrogen-bond donors (Lipinski definition) is 1. The molecule has 1 heterocycles. The minimum Gasteiger partial charge on any atom is -0.494 e. The summed E-state index contributed by atoms with van der Waals surface area (Å²) in [5.74, 6) is 0.705. The molecule has 8 heteroatoms. The molecular formula is C18H20N2O4S2. The van der Waals surface area contributed by atoms with E-state index in [0.717, 1.165) is 22.4 Å². The number of aromatic nitrogens is 1. The second-order valence-electron chi connectivity index (χ2n) is 5.65. The normalized spacial score (nSPS) is 11.8. The minimum atomic E-state index is -3.68. The molecule has 0 saturated carbocycles. The van der Waals surface area contributed by atoms with Gasteiger partial charge in [-0.05, 0) is 49.7 Å². The van der Waals surface area contributed by atoms with Crippen LogP contribution in [0.4, 0.5) is 0 Å². The number of ether oxygens (including phenoxy) is 1. The Balaban J connectivity index is 1.83. The largest absolute Gasteiger partial charge is 0.494 e. The molecule has 0 saturated heterocycles. The van der Waals surface area contributed by atoms with Gasteiger partial charge in [0.2, 0.25) is 10.0 Å². The fourth-order valence-corrected chi connectivity index (χ4v) is 4.80. The number of sulfonamides is 1. The predicted molar refractivity (Wildman–Crippen MR) is 103 cm³/mol. The van der Waals surface area contributed by atoms with Gasteiger partial charge in [-0.15, -0.1) is 0 Å². The Morgan fingerprint density at radius 3 is 2.69 bits per heavy atom. The summed E-state index contributed by atoms with van der Waals surface area (Å²) in [7, 11) is -3.68. The molecule has 0 aliphatic heterocycles. The summed E-state index contributed by atoms with van der Waals surface area (Å²) >= 11 is 1.05. The van der Waals surface area contributed by atoms with Crippen molar-refractivity contribution < 1.29 is 13.2 Å². The third-order valence-corrected chi connectivity index (χ3v) is 6.28. The fourth-order valence-electron chi connectivity index (χ4n) is 2.69. The van der Waals surface area contributed by atoms with Gasteiger partial charge in [0.05, 0.1) is 21.7 Å². The van der Waals surface area contributed by atoms with E-state index in [1.807, 2.05) is 38.1 Å². The van der Waals surface area contributed by atoms with Crippen molar-refractivity contribution in [2.24, 2.45) is 0 Å². The van der Waals surface area contributed by atoms with E-state index in [-0.39, 0.29) is 16.3 Å². The first-order valence-corrected chi connectivity index (χ1v) is 10.6. The van der Waals surface area contributed by atoms with Crippen molar-refractivity contribution in [1.29, 1.82) is 0 Å². The highest BCUT2D eigenvalue weighted by atomic mass is 32.2. The van der Waals surface area contributed by atoms with Gasteiger partial charge in [-0.1, -0.05) is 23.5 Å². The first kappa shape index (κ1) is 18.6. The van der Waals surface area contributed by atoms with E-state index in [9.17, 15) is 13.2 Å². The maximum Gasteiger partial charge on any atom is 0.308 e. The number of fused-ring (bicyclic) bond motifs is 1. The summed E-state index contributed by atoms with van der Waals surface area (Å²) in [5, 5.41) is 0. The molecule has 2 aromatic carbocycles. The standard InChI is InChI=1S/C18H20N2O4S2/c1-3-20-16-9-8-15(11-17(16)25-18(20)21)26(22,23)19-12-13-6-5-7-14(10-13)24-4-2/h5-11,19H,3-4,12H2,1-2H3. The topological polar surface area (TPSA) is 77.4 Å². The second kappa shape index (κ2) is 7.61. The van der Waals surface area contributed by atoms with E-state index in [1.54, 1.807) is 16.7 Å². The third-order valence-electron chi connectivity index (χ3n) is 3.94. The van der Waals surface area contributed by atoms with Gasteiger partial charge in [-0.25, -0.2) is 13.1 Å². The number of thiazole rings is 1. The molecule has 1 N–H and O–H groups in total. The molecule has 0 spiro atoms. The molecule has 26 heavy (non-hydrogen) atoms. The Hall–Kier alpha value is -2.16. The van der Waals surface area contributed by atoms with Crippen LogP contribution >= 0.6 is 11.3 Å². The molecule has 1 aromatic heterocycles. The summed E-state index contributed by atoms with van der Waals surface area (Å²) in [6, 6.07) is 12.1. The maximum absolute atomic E-state index is 12.6. The lowest BCUT2D eigenvalue weighted by Crippen LogP contribution is -2.23. The number of rotatable bonds is 7. The van der Waals surface area contributed by atoms with E-state index in [4.69, 9.17) is 4.74 Å². The van der Waals surface area contributed by atoms with Crippen molar-refractivity contribution in [2.45, 2.75) is 31.8 Å². The second-order valence-corrected chi connectivity index (χ2v) is 8.41. The molecule has 0 unspecified atom stereocenters. The molecule has 0 fully saturated rings. The lowest BCUT2D eigenvalue weighted by atomic mass is 10.2. The number of nitrogens with one attached hydrogen (secondary N) is 1. The monoisotopic (exact) mass is 392 g/mol. The third kappa shape index (κ3) is 3.82. The Labute approximate surface area is 156 Å². The van der Waals surface area contributed by atoms with E-state index < -0.39 is 10.0 Å². The van der Waals surface area contributed by atoms with Gasteiger partial charge < -0.3 is 4.74 Å². The van der Waals surface area contributed by atoms with Crippen LogP contribution in [0.2, 0.25) is 0 Å². The van der Waals surface area contributed by atoms with Crippen molar-refractivity contribution in [3.8, 4) is 5.75 Å². The van der Waals surface area contributed by atoms with Crippen molar-refractivity contribution in [3.63, 3.8) is 0 Å². The molecule has 0 atom stereocenters. The first-order chi connectivity index (χ1) is 12.4. The Morgan fingerprint density at radius 1 is 1.15 bits per heavy atom. The smallest absolute Gasteiger partial charge is 0.308 e. The van der Waals surface area contributed by atoms with Crippen LogP contribution in [0.15, 0.2) is 52.2 Å². The van der Waals surface area contributed by atoms with E-state index in [0.29, 0.717) is 23.6 Å². The van der Waals surface area contributed by atoms with Gasteiger partial charge in [0.1, 0.15) is 5.75 Å². The highest BCUT2D eigenvalue weighted by Gasteiger charge is 2.16. The van der Waals surface area contributed by atoms with E-state index in [1.165, 1.54) is 6.07 Å². The lowest BCUT2D eigenvalue weighted by molar-refractivity contribution is 0.340. The quantitative estimate of drug-likeness (QED) is 0.671. The summed E-state index contributed by atoms with van der Waals surface area (Å²) in [6.07, 6.45) is 0. The van der Waals surface area contributed by atoms with Crippen LogP contribution in [-0.2, 0) is 23.1 Å². The maximum atomic E-state index is 12.6. The van der Waals surface area contributed by atoms with Gasteiger partial charge in [0.15, 0.2) is 0 Å². The van der Waals surface area contributed by atoms with Crippen molar-refractivity contribution in [3.05, 3.63) is 57.7 Å². The predicted octanol–water partition coefficient (Wildman–Crippen LogP) is 2.96. The van der Waals surface area contributed by atoms with Crippen LogP contribution in [0, 0.1) is 0 Å². The van der Waals surface area contributed by atoms with Crippen LogP contribution in [0.1, 0.15) is 19.4 Å². The highest BCUT2D eigenvalue weighted by molar-refractivity contribution is 7.89. The summed E-state index contributed by atoms with van der Waals surface area (Å²) in [4.78, 5) is 12.0. The van der Waals surface area contributed by atoms with Crippen molar-refractivity contribution in [1.82, 2.24) is 9.29 Å². The average Bonchev–Trinajstić information content (AvgIpc) is 2.95. The van der Waals surface area contributed by atoms with Crippen LogP contribution in [-0.4, -0.2) is 19.6 Å².